The molecule has 5 N–H and O–H groups in total. The SMILES string of the molecule is CN1CC[N+](C(=N)C(F)(F)F)=C(N)C1.NC(CC=O)Cc1cc(F)c(F)cc1F. The third-order valence-corrected chi connectivity index (χ3v) is 3.99. The average Bonchev–Trinajstić information content (AvgIpc) is 2.59. The number of likely N-dealkylation sites (N-methyl/N-ethyl adjacent to an activating group) is 1. The number of nitrogens with two attached hydrogens (primary N) is 2. The van der Waals surface area contributed by atoms with Crippen LogP contribution >= 0.6 is 0 Å². The predicted molar refractivity (Wildman–Crippen MR) is 94.3 cm³/mol. The maximum atomic E-state index is 13.1. The fraction of sp³-hybridized carbons (Fsp3) is 0.471. The molecule has 0 amide bonds. The monoisotopic (exact) mass is 426 g/mol. The number of rotatable bonds is 4. The van der Waals surface area contributed by atoms with Gasteiger partial charge in [0.2, 0.25) is 5.84 Å². The Balaban J connectivity index is 0.000000291. The number of alkyl halides is 3. The summed E-state index contributed by atoms with van der Waals surface area (Å²) in [5.74, 6) is -4.52. The summed E-state index contributed by atoms with van der Waals surface area (Å²) >= 11 is 0. The third-order valence-electron chi connectivity index (χ3n) is 3.99. The maximum Gasteiger partial charge on any atom is 0.481 e. The number of nitrogens with zero attached hydrogens (tertiary/aromatic N) is 2. The van der Waals surface area contributed by atoms with Crippen molar-refractivity contribution in [2.24, 2.45) is 11.5 Å². The highest BCUT2D eigenvalue weighted by Gasteiger charge is 2.43. The normalized spacial score (nSPS) is 16.1. The van der Waals surface area contributed by atoms with Crippen LogP contribution in [0.3, 0.4) is 0 Å². The molecule has 0 aliphatic carbocycles. The molecule has 0 fully saturated rings. The molecular weight excluding hydrogens is 404 g/mol. The summed E-state index contributed by atoms with van der Waals surface area (Å²) in [6.07, 6.45) is -3.97. The van der Waals surface area contributed by atoms with Gasteiger partial charge in [-0.05, 0) is 25.1 Å². The molecule has 0 bridgehead atoms. The molecule has 0 aromatic heterocycles. The minimum absolute atomic E-state index is 0.00176. The van der Waals surface area contributed by atoms with Gasteiger partial charge in [0.1, 0.15) is 12.1 Å². The van der Waals surface area contributed by atoms with Gasteiger partial charge in [-0.25, -0.2) is 17.7 Å². The van der Waals surface area contributed by atoms with E-state index in [1.54, 1.807) is 11.9 Å². The van der Waals surface area contributed by atoms with Crippen molar-refractivity contribution in [1.29, 1.82) is 5.41 Å². The van der Waals surface area contributed by atoms with Crippen LogP contribution < -0.4 is 11.5 Å². The molecule has 0 saturated carbocycles. The number of carbonyl (C=O) groups excluding carboxylic acids is 1. The number of nitrogens with one attached hydrogen (secondary N) is 1. The maximum absolute atomic E-state index is 13.1. The van der Waals surface area contributed by atoms with E-state index in [0.29, 0.717) is 18.9 Å². The number of halogens is 6. The molecule has 1 aromatic carbocycles. The van der Waals surface area contributed by atoms with Crippen molar-refractivity contribution < 1.29 is 35.7 Å². The molecule has 1 atom stereocenters. The highest BCUT2D eigenvalue weighted by atomic mass is 19.4. The summed E-state index contributed by atoms with van der Waals surface area (Å²) in [5, 5.41) is 6.91. The molecule has 1 aromatic rings. The van der Waals surface area contributed by atoms with Crippen LogP contribution in [0.25, 0.3) is 0 Å². The topological polar surface area (TPSA) is 99.2 Å². The van der Waals surface area contributed by atoms with E-state index in [1.807, 2.05) is 0 Å². The third kappa shape index (κ3) is 7.46. The second-order valence-electron chi connectivity index (χ2n) is 6.45. The summed E-state index contributed by atoms with van der Waals surface area (Å²) in [6, 6.07) is 0.648. The lowest BCUT2D eigenvalue weighted by atomic mass is 10.0. The summed E-state index contributed by atoms with van der Waals surface area (Å²) in [6.45, 7) is 0.846. The van der Waals surface area contributed by atoms with Gasteiger partial charge >= 0.3 is 12.0 Å². The van der Waals surface area contributed by atoms with Gasteiger partial charge in [0.15, 0.2) is 11.6 Å². The van der Waals surface area contributed by atoms with E-state index >= 15 is 0 Å². The van der Waals surface area contributed by atoms with Crippen molar-refractivity contribution in [3.05, 3.63) is 35.1 Å². The van der Waals surface area contributed by atoms with Crippen molar-refractivity contribution in [2.45, 2.75) is 25.1 Å². The number of hydrogen-bond donors (Lipinski definition) is 3. The fourth-order valence-electron chi connectivity index (χ4n) is 2.47. The zero-order valence-electron chi connectivity index (χ0n) is 15.6. The van der Waals surface area contributed by atoms with Gasteiger partial charge in [0.05, 0.1) is 13.1 Å². The van der Waals surface area contributed by atoms with E-state index in [2.05, 4.69) is 0 Å². The molecule has 1 unspecified atom stereocenters. The van der Waals surface area contributed by atoms with Gasteiger partial charge in [-0.15, -0.1) is 0 Å². The first-order chi connectivity index (χ1) is 13.4. The Hall–Kier alpha value is -2.47. The van der Waals surface area contributed by atoms with E-state index in [0.717, 1.165) is 10.6 Å². The van der Waals surface area contributed by atoms with Crippen LogP contribution in [0, 0.1) is 22.9 Å². The summed E-state index contributed by atoms with van der Waals surface area (Å²) in [7, 11) is 1.77. The molecule has 12 heteroatoms. The molecule has 1 aliphatic rings. The molecular formula is C17H22F6N5O+. The van der Waals surface area contributed by atoms with Crippen LogP contribution in [0.4, 0.5) is 26.3 Å². The second-order valence-corrected chi connectivity index (χ2v) is 6.45. The minimum Gasteiger partial charge on any atom is -0.327 e. The Labute approximate surface area is 163 Å². The quantitative estimate of drug-likeness (QED) is 0.169. The molecule has 6 nitrogen and oxygen atoms in total. The van der Waals surface area contributed by atoms with Crippen molar-refractivity contribution in [2.75, 3.05) is 26.7 Å². The largest absolute Gasteiger partial charge is 0.481 e. The highest BCUT2D eigenvalue weighted by Crippen LogP contribution is 2.17. The fourth-order valence-corrected chi connectivity index (χ4v) is 2.47. The average molecular weight is 426 g/mol. The number of hydrogen-bond acceptors (Lipinski definition) is 5. The molecule has 1 aliphatic heterocycles. The first-order valence-electron chi connectivity index (χ1n) is 8.42. The van der Waals surface area contributed by atoms with E-state index in [9.17, 15) is 31.1 Å². The van der Waals surface area contributed by atoms with Gasteiger partial charge < -0.3 is 16.3 Å². The number of aldehydes is 1. The van der Waals surface area contributed by atoms with Gasteiger partial charge in [-0.2, -0.15) is 18.6 Å². The number of amidine groups is 2. The van der Waals surface area contributed by atoms with Crippen LogP contribution in [-0.2, 0) is 11.2 Å². The Morgan fingerprint density at radius 2 is 1.86 bits per heavy atom. The Morgan fingerprint density at radius 1 is 1.28 bits per heavy atom. The number of carbonyl (C=O) groups is 1. The second kappa shape index (κ2) is 10.3. The van der Waals surface area contributed by atoms with Gasteiger partial charge in [0, 0.05) is 25.1 Å². The van der Waals surface area contributed by atoms with Crippen LogP contribution in [-0.4, -0.2) is 66.3 Å². The van der Waals surface area contributed by atoms with Crippen LogP contribution in [0.2, 0.25) is 0 Å². The standard InChI is InChI=1S/C10H10F3NO.C7H11F3N4/c11-8-5-10(13)9(12)4-6(8)3-7(14)1-2-15;1-13-2-3-14(5(11)4-13)6(12)7(8,9)10/h2,4-5,7H,1,3,14H2;11-12H,2-4H2,1H3/p+1. The first kappa shape index (κ1) is 24.6. The zero-order chi connectivity index (χ0) is 22.4. The lowest BCUT2D eigenvalue weighted by Gasteiger charge is -2.23. The van der Waals surface area contributed by atoms with Gasteiger partial charge in [-0.1, -0.05) is 0 Å². The minimum atomic E-state index is -4.62. The Morgan fingerprint density at radius 3 is 2.38 bits per heavy atom. The Kier molecular flexibility index (Phi) is 8.77. The lowest BCUT2D eigenvalue weighted by molar-refractivity contribution is -0.437. The van der Waals surface area contributed by atoms with Crippen LogP contribution in [0.5, 0.6) is 0 Å². The van der Waals surface area contributed by atoms with E-state index < -0.39 is 35.5 Å². The van der Waals surface area contributed by atoms with Crippen molar-refractivity contribution >= 4 is 18.0 Å². The predicted octanol–water partition coefficient (Wildman–Crippen LogP) is 1.40. The van der Waals surface area contributed by atoms with Crippen LogP contribution in [0.1, 0.15) is 12.0 Å². The Bertz CT molecular complexity index is 780. The van der Waals surface area contributed by atoms with Crippen LogP contribution in [0.15, 0.2) is 12.1 Å². The molecule has 2 rings (SSSR count). The van der Waals surface area contributed by atoms with Crippen molar-refractivity contribution in [3.63, 3.8) is 0 Å². The summed E-state index contributed by atoms with van der Waals surface area (Å²) < 4.78 is 75.6. The smallest absolute Gasteiger partial charge is 0.327 e. The van der Waals surface area contributed by atoms with E-state index in [1.165, 1.54) is 0 Å². The molecule has 0 radical (unpaired) electrons. The van der Waals surface area contributed by atoms with Gasteiger partial charge in [0.25, 0.3) is 0 Å². The first-order valence-corrected chi connectivity index (χ1v) is 8.42. The number of benzene rings is 1. The highest BCUT2D eigenvalue weighted by molar-refractivity contribution is 5.87. The molecule has 1 heterocycles. The van der Waals surface area contributed by atoms with E-state index in [4.69, 9.17) is 16.9 Å². The van der Waals surface area contributed by atoms with Crippen molar-refractivity contribution in [1.82, 2.24) is 4.90 Å². The summed E-state index contributed by atoms with van der Waals surface area (Å²) in [5.41, 5.74) is 10.9. The summed E-state index contributed by atoms with van der Waals surface area (Å²) in [4.78, 5) is 11.9. The molecule has 0 spiro atoms. The zero-order valence-corrected chi connectivity index (χ0v) is 15.6. The molecule has 0 saturated heterocycles. The van der Waals surface area contributed by atoms with Crippen molar-refractivity contribution in [3.8, 4) is 0 Å². The lowest BCUT2D eigenvalue weighted by Crippen LogP contribution is -2.51. The van der Waals surface area contributed by atoms with E-state index in [-0.39, 0.29) is 37.3 Å². The van der Waals surface area contributed by atoms with Gasteiger partial charge in [-0.3, -0.25) is 4.90 Å². The molecule has 162 valence electrons. The molecule has 29 heavy (non-hydrogen) atoms.